The van der Waals surface area contributed by atoms with Crippen LogP contribution in [0, 0.1) is 6.92 Å². The van der Waals surface area contributed by atoms with E-state index < -0.39 is 16.1 Å². The Balaban J connectivity index is 2.18. The fourth-order valence-corrected chi connectivity index (χ4v) is 5.04. The number of carbonyl (C=O) groups excluding carboxylic acids is 2. The molecular formula is C25H33BrClN3O4S. The number of hydrogen-bond acceptors (Lipinski definition) is 4. The van der Waals surface area contributed by atoms with Gasteiger partial charge < -0.3 is 10.2 Å². The molecule has 0 aliphatic carbocycles. The highest BCUT2D eigenvalue weighted by Crippen LogP contribution is 2.27. The highest BCUT2D eigenvalue weighted by atomic mass is 79.9. The van der Waals surface area contributed by atoms with Gasteiger partial charge in [0.05, 0.1) is 11.9 Å². The van der Waals surface area contributed by atoms with E-state index in [4.69, 9.17) is 11.6 Å². The Labute approximate surface area is 222 Å². The summed E-state index contributed by atoms with van der Waals surface area (Å²) in [5.41, 5.74) is 2.15. The molecule has 2 rings (SSSR count). The van der Waals surface area contributed by atoms with Gasteiger partial charge in [0.2, 0.25) is 21.8 Å². The van der Waals surface area contributed by atoms with E-state index in [9.17, 15) is 18.0 Å². The maximum Gasteiger partial charge on any atom is 0.242 e. The molecule has 0 radical (unpaired) electrons. The second-order valence-corrected chi connectivity index (χ2v) is 11.7. The smallest absolute Gasteiger partial charge is 0.242 e. The first kappa shape index (κ1) is 29.1. The molecule has 2 aromatic carbocycles. The molecule has 0 aliphatic heterocycles. The monoisotopic (exact) mass is 585 g/mol. The van der Waals surface area contributed by atoms with Crippen LogP contribution in [0.15, 0.2) is 46.9 Å². The molecule has 0 bridgehead atoms. The summed E-state index contributed by atoms with van der Waals surface area (Å²) in [6, 6.07) is 12.0. The summed E-state index contributed by atoms with van der Waals surface area (Å²) in [6.45, 7) is 6.41. The van der Waals surface area contributed by atoms with Crippen molar-refractivity contribution in [2.45, 2.75) is 52.6 Å². The highest BCUT2D eigenvalue weighted by molar-refractivity contribution is 9.10. The van der Waals surface area contributed by atoms with Gasteiger partial charge in [-0.2, -0.15) is 0 Å². The summed E-state index contributed by atoms with van der Waals surface area (Å²) in [5, 5.41) is 3.28. The second-order valence-electron chi connectivity index (χ2n) is 8.48. The number of nitrogens with zero attached hydrogens (tertiary/aromatic N) is 2. The third-order valence-electron chi connectivity index (χ3n) is 5.57. The maximum absolute atomic E-state index is 13.3. The maximum atomic E-state index is 13.3. The number of benzene rings is 2. The lowest BCUT2D eigenvalue weighted by atomic mass is 10.1. The van der Waals surface area contributed by atoms with E-state index in [1.54, 1.807) is 30.0 Å². The van der Waals surface area contributed by atoms with Crippen LogP contribution in [0.4, 0.5) is 5.69 Å². The molecule has 0 fully saturated rings. The molecular weight excluding hydrogens is 554 g/mol. The molecule has 1 unspecified atom stereocenters. The molecule has 0 saturated heterocycles. The van der Waals surface area contributed by atoms with Crippen LogP contribution in [0.3, 0.4) is 0 Å². The van der Waals surface area contributed by atoms with Gasteiger partial charge in [-0.25, -0.2) is 8.42 Å². The number of aryl methyl sites for hydroxylation is 1. The topological polar surface area (TPSA) is 86.8 Å². The molecule has 192 valence electrons. The minimum Gasteiger partial charge on any atom is -0.354 e. The van der Waals surface area contributed by atoms with Gasteiger partial charge in [-0.15, -0.1) is 0 Å². The van der Waals surface area contributed by atoms with E-state index in [0.717, 1.165) is 28.3 Å². The van der Waals surface area contributed by atoms with E-state index in [1.807, 2.05) is 38.1 Å². The molecule has 35 heavy (non-hydrogen) atoms. The van der Waals surface area contributed by atoms with Crippen LogP contribution < -0.4 is 9.62 Å². The fraction of sp³-hybridized carbons (Fsp3) is 0.440. The van der Waals surface area contributed by atoms with E-state index in [1.165, 1.54) is 4.31 Å². The van der Waals surface area contributed by atoms with Crippen LogP contribution in [0.5, 0.6) is 0 Å². The van der Waals surface area contributed by atoms with Crippen LogP contribution >= 0.6 is 27.5 Å². The number of nitrogens with one attached hydrogen (secondary N) is 1. The minimum absolute atomic E-state index is 0.0908. The van der Waals surface area contributed by atoms with Crippen molar-refractivity contribution in [3.63, 3.8) is 0 Å². The van der Waals surface area contributed by atoms with Gasteiger partial charge >= 0.3 is 0 Å². The molecule has 0 aromatic heterocycles. The zero-order chi connectivity index (χ0) is 26.2. The molecule has 1 atom stereocenters. The quantitative estimate of drug-likeness (QED) is 0.383. The standard InChI is InChI=1S/C25H33BrClN3O4S/c1-5-14-28-25(32)19(3)29(17-20-9-11-21(26)12-10-20)24(31)7-6-15-30(35(4,33)34)23-16-22(27)13-8-18(23)2/h8-13,16,19H,5-7,14-15,17H2,1-4H3,(H,28,32). The molecule has 0 saturated carbocycles. The number of rotatable bonds is 12. The largest absolute Gasteiger partial charge is 0.354 e. The van der Waals surface area contributed by atoms with Gasteiger partial charge in [0.1, 0.15) is 6.04 Å². The number of sulfonamides is 1. The molecule has 2 amide bonds. The summed E-state index contributed by atoms with van der Waals surface area (Å²) in [7, 11) is -3.59. The summed E-state index contributed by atoms with van der Waals surface area (Å²) in [5.74, 6) is -0.437. The highest BCUT2D eigenvalue weighted by Gasteiger charge is 2.26. The predicted octanol–water partition coefficient (Wildman–Crippen LogP) is 4.90. The Bertz CT molecular complexity index is 1130. The van der Waals surface area contributed by atoms with E-state index in [-0.39, 0.29) is 37.7 Å². The number of anilines is 1. The van der Waals surface area contributed by atoms with Crippen LogP contribution in [-0.2, 0) is 26.2 Å². The van der Waals surface area contributed by atoms with E-state index in [0.29, 0.717) is 17.3 Å². The van der Waals surface area contributed by atoms with Crippen molar-refractivity contribution >= 4 is 55.1 Å². The number of amides is 2. The van der Waals surface area contributed by atoms with Crippen LogP contribution in [-0.4, -0.2) is 50.5 Å². The summed E-state index contributed by atoms with van der Waals surface area (Å²) < 4.78 is 27.2. The molecule has 1 N–H and O–H groups in total. The van der Waals surface area contributed by atoms with Gasteiger partial charge in [0.15, 0.2) is 0 Å². The molecule has 7 nitrogen and oxygen atoms in total. The van der Waals surface area contributed by atoms with Crippen molar-refractivity contribution in [3.05, 3.63) is 63.1 Å². The lowest BCUT2D eigenvalue weighted by Crippen LogP contribution is -2.47. The summed E-state index contributed by atoms with van der Waals surface area (Å²) >= 11 is 9.51. The van der Waals surface area contributed by atoms with Crippen molar-refractivity contribution in [1.29, 1.82) is 0 Å². The lowest BCUT2D eigenvalue weighted by Gasteiger charge is -2.29. The van der Waals surface area contributed by atoms with Crippen molar-refractivity contribution in [3.8, 4) is 0 Å². The number of halogens is 2. The summed E-state index contributed by atoms with van der Waals surface area (Å²) in [4.78, 5) is 27.5. The predicted molar refractivity (Wildman–Crippen MR) is 145 cm³/mol. The Hall–Kier alpha value is -2.10. The van der Waals surface area contributed by atoms with Gasteiger partial charge in [-0.1, -0.05) is 52.7 Å². The minimum atomic E-state index is -3.59. The van der Waals surface area contributed by atoms with E-state index in [2.05, 4.69) is 21.2 Å². The van der Waals surface area contributed by atoms with Crippen molar-refractivity contribution in [2.24, 2.45) is 0 Å². The lowest BCUT2D eigenvalue weighted by molar-refractivity contribution is -0.140. The average molecular weight is 587 g/mol. The van der Waals surface area contributed by atoms with Gasteiger partial charge in [0, 0.05) is 35.6 Å². The molecule has 0 spiro atoms. The Morgan fingerprint density at radius 3 is 2.40 bits per heavy atom. The number of hydrogen-bond donors (Lipinski definition) is 1. The fourth-order valence-electron chi connectivity index (χ4n) is 3.60. The third-order valence-corrected chi connectivity index (χ3v) is 7.52. The van der Waals surface area contributed by atoms with Crippen molar-refractivity contribution in [1.82, 2.24) is 10.2 Å². The SMILES string of the molecule is CCCNC(=O)C(C)N(Cc1ccc(Br)cc1)C(=O)CCCN(c1cc(Cl)ccc1C)S(C)(=O)=O. The molecule has 10 heteroatoms. The first-order chi connectivity index (χ1) is 16.4. The molecule has 0 heterocycles. The summed E-state index contributed by atoms with van der Waals surface area (Å²) in [6.07, 6.45) is 2.31. The number of carbonyl (C=O) groups is 2. The normalized spacial score (nSPS) is 12.2. The third kappa shape index (κ3) is 8.81. The van der Waals surface area contributed by atoms with Crippen LogP contribution in [0.25, 0.3) is 0 Å². The van der Waals surface area contributed by atoms with Gasteiger partial charge in [0.25, 0.3) is 0 Å². The molecule has 2 aromatic rings. The Morgan fingerprint density at radius 1 is 1.14 bits per heavy atom. The van der Waals surface area contributed by atoms with Crippen LogP contribution in [0.2, 0.25) is 5.02 Å². The van der Waals surface area contributed by atoms with Crippen LogP contribution in [0.1, 0.15) is 44.2 Å². The van der Waals surface area contributed by atoms with Crippen molar-refractivity contribution in [2.75, 3.05) is 23.7 Å². The first-order valence-electron chi connectivity index (χ1n) is 11.5. The van der Waals surface area contributed by atoms with E-state index >= 15 is 0 Å². The zero-order valence-corrected chi connectivity index (χ0v) is 23.7. The average Bonchev–Trinajstić information content (AvgIpc) is 2.80. The van der Waals surface area contributed by atoms with Gasteiger partial charge in [-0.05, 0) is 62.1 Å². The van der Waals surface area contributed by atoms with Crippen molar-refractivity contribution < 1.29 is 18.0 Å². The second kappa shape index (κ2) is 13.3. The Kier molecular flexibility index (Phi) is 11.0. The van der Waals surface area contributed by atoms with Gasteiger partial charge in [-0.3, -0.25) is 13.9 Å². The zero-order valence-electron chi connectivity index (χ0n) is 20.6. The molecule has 0 aliphatic rings. The first-order valence-corrected chi connectivity index (χ1v) is 14.5. The Morgan fingerprint density at radius 2 is 1.80 bits per heavy atom.